The lowest BCUT2D eigenvalue weighted by molar-refractivity contribution is -0.145. The van der Waals surface area contributed by atoms with Crippen LogP contribution < -0.4 is 11.1 Å². The van der Waals surface area contributed by atoms with Crippen molar-refractivity contribution in [3.8, 4) is 11.1 Å². The van der Waals surface area contributed by atoms with Crippen molar-refractivity contribution in [1.29, 1.82) is 0 Å². The standard InChI is InChI=1S/C22H25ClFN5O3/c1-2-32-22(31)19(25)11-16(27-21(30)20-12-26-29-28-20)9-13-3-5-14(6-4-13)17-10-15(23)7-8-18(17)24/h3-8,10,12,16,19,21,27,30H,2,9,11,25H2,1H3,(H,26,28,29). The first-order valence-electron chi connectivity index (χ1n) is 10.1. The summed E-state index contributed by atoms with van der Waals surface area (Å²) in [5, 5.41) is 23.9. The Morgan fingerprint density at radius 3 is 2.72 bits per heavy atom. The number of halogens is 2. The van der Waals surface area contributed by atoms with Crippen molar-refractivity contribution in [3.05, 3.63) is 70.8 Å². The highest BCUT2D eigenvalue weighted by molar-refractivity contribution is 6.30. The van der Waals surface area contributed by atoms with E-state index in [4.69, 9.17) is 22.1 Å². The van der Waals surface area contributed by atoms with E-state index in [-0.39, 0.29) is 24.9 Å². The minimum Gasteiger partial charge on any atom is -0.465 e. The van der Waals surface area contributed by atoms with Gasteiger partial charge in [0.2, 0.25) is 0 Å². The zero-order chi connectivity index (χ0) is 23.1. The number of hydrogen-bond acceptors (Lipinski definition) is 7. The Morgan fingerprint density at radius 2 is 2.06 bits per heavy atom. The summed E-state index contributed by atoms with van der Waals surface area (Å²) in [6.45, 7) is 1.94. The summed E-state index contributed by atoms with van der Waals surface area (Å²) < 4.78 is 19.1. The van der Waals surface area contributed by atoms with E-state index in [0.29, 0.717) is 28.3 Å². The third-order valence-corrected chi connectivity index (χ3v) is 5.15. The molecule has 1 aromatic heterocycles. The molecule has 3 rings (SSSR count). The van der Waals surface area contributed by atoms with Crippen molar-refractivity contribution < 1.29 is 19.0 Å². The van der Waals surface area contributed by atoms with Crippen LogP contribution in [0.5, 0.6) is 0 Å². The van der Waals surface area contributed by atoms with Gasteiger partial charge in [-0.25, -0.2) is 4.39 Å². The number of esters is 1. The van der Waals surface area contributed by atoms with Crippen molar-refractivity contribution in [2.45, 2.75) is 38.1 Å². The van der Waals surface area contributed by atoms with Gasteiger partial charge in [-0.1, -0.05) is 35.9 Å². The Labute approximate surface area is 189 Å². The van der Waals surface area contributed by atoms with Gasteiger partial charge in [-0.05, 0) is 49.1 Å². The van der Waals surface area contributed by atoms with Crippen LogP contribution >= 0.6 is 11.6 Å². The molecule has 10 heteroatoms. The molecule has 0 aliphatic carbocycles. The minimum atomic E-state index is -1.10. The van der Waals surface area contributed by atoms with Crippen LogP contribution in [0.3, 0.4) is 0 Å². The molecule has 0 radical (unpaired) electrons. The summed E-state index contributed by atoms with van der Waals surface area (Å²) in [5.74, 6) is -0.875. The highest BCUT2D eigenvalue weighted by Gasteiger charge is 2.24. The average molecular weight is 462 g/mol. The van der Waals surface area contributed by atoms with Gasteiger partial charge in [0.25, 0.3) is 0 Å². The molecule has 0 amide bonds. The number of nitrogens with one attached hydrogen (secondary N) is 2. The number of hydrogen-bond donors (Lipinski definition) is 4. The number of aliphatic hydroxyl groups is 1. The van der Waals surface area contributed by atoms with Crippen LogP contribution in [0.25, 0.3) is 11.1 Å². The summed E-state index contributed by atoms with van der Waals surface area (Å²) in [6.07, 6.45) is 0.959. The first kappa shape index (κ1) is 23.8. The molecule has 0 saturated heterocycles. The molecule has 3 aromatic rings. The van der Waals surface area contributed by atoms with Crippen LogP contribution in [-0.2, 0) is 16.0 Å². The number of aromatic nitrogens is 3. The average Bonchev–Trinajstić information content (AvgIpc) is 3.31. The van der Waals surface area contributed by atoms with E-state index in [1.165, 1.54) is 18.3 Å². The highest BCUT2D eigenvalue weighted by atomic mass is 35.5. The lowest BCUT2D eigenvalue weighted by Crippen LogP contribution is -2.43. The van der Waals surface area contributed by atoms with Crippen molar-refractivity contribution in [1.82, 2.24) is 20.7 Å². The molecule has 32 heavy (non-hydrogen) atoms. The number of H-pyrrole nitrogens is 1. The normalized spacial score (nSPS) is 14.0. The third-order valence-electron chi connectivity index (χ3n) is 4.91. The summed E-state index contributed by atoms with van der Waals surface area (Å²) in [6, 6.07) is 10.4. The van der Waals surface area contributed by atoms with E-state index in [1.807, 2.05) is 12.1 Å². The van der Waals surface area contributed by atoms with Crippen LogP contribution in [-0.4, -0.2) is 45.2 Å². The smallest absolute Gasteiger partial charge is 0.322 e. The molecule has 170 valence electrons. The number of aromatic amines is 1. The molecule has 2 aromatic carbocycles. The van der Waals surface area contributed by atoms with Gasteiger partial charge in [0, 0.05) is 16.6 Å². The molecule has 0 aliphatic heterocycles. The lowest BCUT2D eigenvalue weighted by Gasteiger charge is -2.24. The molecule has 0 fully saturated rings. The maximum Gasteiger partial charge on any atom is 0.322 e. The third kappa shape index (κ3) is 6.33. The lowest BCUT2D eigenvalue weighted by atomic mass is 9.97. The molecule has 0 bridgehead atoms. The number of benzene rings is 2. The van der Waals surface area contributed by atoms with Crippen LogP contribution in [0.4, 0.5) is 4.39 Å². The van der Waals surface area contributed by atoms with Gasteiger partial charge in [0.05, 0.1) is 12.8 Å². The zero-order valence-corrected chi connectivity index (χ0v) is 18.2. The second-order valence-corrected chi connectivity index (χ2v) is 7.72. The van der Waals surface area contributed by atoms with Crippen molar-refractivity contribution in [2.75, 3.05) is 6.61 Å². The molecule has 3 unspecified atom stereocenters. The summed E-state index contributed by atoms with van der Waals surface area (Å²) in [4.78, 5) is 12.0. The predicted molar refractivity (Wildman–Crippen MR) is 118 cm³/mol. The monoisotopic (exact) mass is 461 g/mol. The molecule has 0 saturated carbocycles. The molecular weight excluding hydrogens is 437 g/mol. The quantitative estimate of drug-likeness (QED) is 0.270. The van der Waals surface area contributed by atoms with E-state index >= 15 is 0 Å². The van der Waals surface area contributed by atoms with Crippen LogP contribution in [0, 0.1) is 5.82 Å². The predicted octanol–water partition coefficient (Wildman–Crippen LogP) is 2.74. The van der Waals surface area contributed by atoms with Gasteiger partial charge >= 0.3 is 5.97 Å². The van der Waals surface area contributed by atoms with Gasteiger partial charge in [-0.15, -0.1) is 0 Å². The van der Waals surface area contributed by atoms with Gasteiger partial charge in [-0.3, -0.25) is 10.1 Å². The van der Waals surface area contributed by atoms with Gasteiger partial charge < -0.3 is 15.6 Å². The number of carbonyl (C=O) groups is 1. The van der Waals surface area contributed by atoms with E-state index in [2.05, 4.69) is 20.7 Å². The number of nitrogens with zero attached hydrogens (tertiary/aromatic N) is 2. The molecule has 0 spiro atoms. The van der Waals surface area contributed by atoms with Crippen LogP contribution in [0.15, 0.2) is 48.7 Å². The van der Waals surface area contributed by atoms with E-state index < -0.39 is 18.2 Å². The zero-order valence-electron chi connectivity index (χ0n) is 17.5. The second kappa shape index (κ2) is 11.1. The van der Waals surface area contributed by atoms with Crippen molar-refractivity contribution in [2.24, 2.45) is 5.73 Å². The Kier molecular flexibility index (Phi) is 8.29. The number of nitrogens with two attached hydrogens (primary N) is 1. The van der Waals surface area contributed by atoms with Crippen molar-refractivity contribution in [3.63, 3.8) is 0 Å². The first-order valence-corrected chi connectivity index (χ1v) is 10.5. The summed E-state index contributed by atoms with van der Waals surface area (Å²) in [7, 11) is 0. The summed E-state index contributed by atoms with van der Waals surface area (Å²) in [5.41, 5.74) is 8.30. The minimum absolute atomic E-state index is 0.221. The van der Waals surface area contributed by atoms with Gasteiger partial charge in [-0.2, -0.15) is 15.4 Å². The SMILES string of the molecule is CCOC(=O)C(N)CC(Cc1ccc(-c2cc(Cl)ccc2F)cc1)NC(O)c1cn[nH]n1. The number of aliphatic hydroxyl groups excluding tert-OH is 1. The fraction of sp³-hybridized carbons (Fsp3) is 0.318. The fourth-order valence-electron chi connectivity index (χ4n) is 3.34. The van der Waals surface area contributed by atoms with E-state index in [1.54, 1.807) is 25.1 Å². The Morgan fingerprint density at radius 1 is 1.31 bits per heavy atom. The molecule has 1 heterocycles. The van der Waals surface area contributed by atoms with Crippen molar-refractivity contribution >= 4 is 17.6 Å². The topological polar surface area (TPSA) is 126 Å². The first-order chi connectivity index (χ1) is 15.4. The number of ether oxygens (including phenoxy) is 1. The van der Waals surface area contributed by atoms with Crippen LogP contribution in [0.1, 0.15) is 30.8 Å². The number of carbonyl (C=O) groups excluding carboxylic acids is 1. The number of rotatable bonds is 10. The molecule has 0 aliphatic rings. The molecule has 5 N–H and O–H groups in total. The molecule has 3 atom stereocenters. The van der Waals surface area contributed by atoms with E-state index in [9.17, 15) is 14.3 Å². The second-order valence-electron chi connectivity index (χ2n) is 7.28. The van der Waals surface area contributed by atoms with E-state index in [0.717, 1.165) is 5.56 Å². The van der Waals surface area contributed by atoms with Gasteiger partial charge in [0.15, 0.2) is 6.23 Å². The largest absolute Gasteiger partial charge is 0.465 e. The maximum atomic E-state index is 14.2. The Bertz CT molecular complexity index is 1020. The van der Waals surface area contributed by atoms with Gasteiger partial charge in [0.1, 0.15) is 17.6 Å². The maximum absolute atomic E-state index is 14.2. The molecular formula is C22H25ClFN5O3. The highest BCUT2D eigenvalue weighted by Crippen LogP contribution is 2.26. The Balaban J connectivity index is 1.75. The molecule has 8 nitrogen and oxygen atoms in total. The fourth-order valence-corrected chi connectivity index (χ4v) is 3.51. The summed E-state index contributed by atoms with van der Waals surface area (Å²) >= 11 is 5.99. The Hall–Kier alpha value is -2.85. The van der Waals surface area contributed by atoms with Crippen LogP contribution in [0.2, 0.25) is 5.02 Å².